The van der Waals surface area contributed by atoms with Crippen molar-refractivity contribution in [3.8, 4) is 0 Å². The minimum absolute atomic E-state index is 0.261. The Kier molecular flexibility index (Phi) is 5.41. The van der Waals surface area contributed by atoms with Crippen LogP contribution in [0.25, 0.3) is 0 Å². The molecular weight excluding hydrogens is 206 g/mol. The molecule has 0 spiro atoms. The fraction of sp³-hybridized carbons (Fsp3) is 0.167. The number of carbonyl (C=O) groups excluding carboxylic acids is 2. The zero-order valence-electron chi connectivity index (χ0n) is 8.76. The molecule has 1 rings (SSSR count). The number of carbonyl (C=O) groups is 2. The number of rotatable bonds is 6. The number of hydrogen-bond acceptors (Lipinski definition) is 4. The zero-order valence-corrected chi connectivity index (χ0v) is 8.76. The second-order valence-corrected chi connectivity index (χ2v) is 2.96. The Morgan fingerprint density at radius 2 is 2.06 bits per heavy atom. The van der Waals surface area contributed by atoms with Crippen LogP contribution in [0.5, 0.6) is 0 Å². The van der Waals surface area contributed by atoms with Gasteiger partial charge in [0, 0.05) is 18.3 Å². The van der Waals surface area contributed by atoms with Crippen LogP contribution in [0.15, 0.2) is 42.5 Å². The van der Waals surface area contributed by atoms with E-state index in [9.17, 15) is 9.59 Å². The van der Waals surface area contributed by atoms with Crippen molar-refractivity contribution in [3.05, 3.63) is 42.5 Å². The van der Waals surface area contributed by atoms with Gasteiger partial charge >= 0.3 is 5.97 Å². The molecule has 16 heavy (non-hydrogen) atoms. The van der Waals surface area contributed by atoms with Gasteiger partial charge in [-0.1, -0.05) is 18.2 Å². The summed E-state index contributed by atoms with van der Waals surface area (Å²) in [5.41, 5.74) is 0.974. The lowest BCUT2D eigenvalue weighted by atomic mass is 10.3. The topological polar surface area (TPSA) is 55.4 Å². The van der Waals surface area contributed by atoms with Gasteiger partial charge in [-0.2, -0.15) is 0 Å². The van der Waals surface area contributed by atoms with Crippen molar-refractivity contribution in [1.82, 2.24) is 0 Å². The molecule has 0 aliphatic carbocycles. The highest BCUT2D eigenvalue weighted by atomic mass is 16.5. The van der Waals surface area contributed by atoms with Gasteiger partial charge in [-0.25, -0.2) is 4.79 Å². The largest absolute Gasteiger partial charge is 0.461 e. The zero-order chi connectivity index (χ0) is 11.6. The number of nitrogens with one attached hydrogen (secondary N) is 1. The van der Waals surface area contributed by atoms with Crippen molar-refractivity contribution in [2.75, 3.05) is 18.5 Å². The number of hydrogen-bond donors (Lipinski definition) is 1. The average Bonchev–Trinajstić information content (AvgIpc) is 2.33. The first kappa shape index (κ1) is 12.0. The molecule has 1 aromatic rings. The van der Waals surface area contributed by atoms with Gasteiger partial charge in [0.05, 0.1) is 0 Å². The summed E-state index contributed by atoms with van der Waals surface area (Å²) in [6, 6.07) is 9.61. The van der Waals surface area contributed by atoms with Gasteiger partial charge in [0.2, 0.25) is 0 Å². The second kappa shape index (κ2) is 7.23. The Morgan fingerprint density at radius 3 is 2.75 bits per heavy atom. The van der Waals surface area contributed by atoms with Crippen molar-refractivity contribution in [2.24, 2.45) is 0 Å². The van der Waals surface area contributed by atoms with E-state index in [4.69, 9.17) is 4.74 Å². The van der Waals surface area contributed by atoms with Crippen molar-refractivity contribution < 1.29 is 14.3 Å². The summed E-state index contributed by atoms with van der Waals surface area (Å²) in [4.78, 5) is 20.8. The lowest BCUT2D eigenvalue weighted by Crippen LogP contribution is -2.12. The molecule has 0 aliphatic rings. The standard InChI is InChI=1S/C12H13NO3/c14-9-4-7-12(15)16-10-8-13-11-5-2-1-3-6-11/h1-7,9,13H,8,10H2/b7-4+. The number of esters is 1. The molecule has 1 N–H and O–H groups in total. The molecule has 4 heteroatoms. The van der Waals surface area contributed by atoms with E-state index in [0.717, 1.165) is 17.8 Å². The van der Waals surface area contributed by atoms with Crippen LogP contribution in [0.3, 0.4) is 0 Å². The van der Waals surface area contributed by atoms with Crippen LogP contribution in [0.2, 0.25) is 0 Å². The van der Waals surface area contributed by atoms with Gasteiger partial charge in [-0.05, 0) is 18.2 Å². The minimum atomic E-state index is -0.512. The second-order valence-electron chi connectivity index (χ2n) is 2.96. The molecule has 0 aliphatic heterocycles. The molecule has 0 heterocycles. The molecule has 0 saturated carbocycles. The van der Waals surface area contributed by atoms with E-state index < -0.39 is 5.97 Å². The van der Waals surface area contributed by atoms with E-state index >= 15 is 0 Å². The summed E-state index contributed by atoms with van der Waals surface area (Å²) in [6.45, 7) is 0.793. The van der Waals surface area contributed by atoms with E-state index in [0.29, 0.717) is 12.8 Å². The monoisotopic (exact) mass is 219 g/mol. The number of allylic oxidation sites excluding steroid dienone is 1. The van der Waals surface area contributed by atoms with Crippen LogP contribution in [0, 0.1) is 0 Å². The number of benzene rings is 1. The summed E-state index contributed by atoms with van der Waals surface area (Å²) < 4.78 is 4.82. The average molecular weight is 219 g/mol. The molecule has 84 valence electrons. The number of aldehydes is 1. The van der Waals surface area contributed by atoms with Crippen molar-refractivity contribution >= 4 is 17.9 Å². The maximum atomic E-state index is 10.9. The van der Waals surface area contributed by atoms with Crippen LogP contribution in [0.4, 0.5) is 5.69 Å². The van der Waals surface area contributed by atoms with Crippen LogP contribution < -0.4 is 5.32 Å². The van der Waals surface area contributed by atoms with Gasteiger partial charge in [0.15, 0.2) is 0 Å². The number of anilines is 1. The Balaban J connectivity index is 2.15. The first-order valence-corrected chi connectivity index (χ1v) is 4.90. The van der Waals surface area contributed by atoms with Crippen LogP contribution in [0.1, 0.15) is 0 Å². The van der Waals surface area contributed by atoms with Gasteiger partial charge in [0.25, 0.3) is 0 Å². The van der Waals surface area contributed by atoms with Crippen molar-refractivity contribution in [1.29, 1.82) is 0 Å². The Morgan fingerprint density at radius 1 is 1.31 bits per heavy atom. The maximum Gasteiger partial charge on any atom is 0.330 e. The molecule has 0 saturated heterocycles. The van der Waals surface area contributed by atoms with Crippen molar-refractivity contribution in [3.63, 3.8) is 0 Å². The summed E-state index contributed by atoms with van der Waals surface area (Å²) >= 11 is 0. The molecule has 0 amide bonds. The normalized spacial score (nSPS) is 10.0. The fourth-order valence-electron chi connectivity index (χ4n) is 1.07. The van der Waals surface area contributed by atoms with Gasteiger partial charge in [-0.3, -0.25) is 4.79 Å². The molecule has 0 atom stereocenters. The lowest BCUT2D eigenvalue weighted by Gasteiger charge is -2.05. The molecule has 0 aromatic heterocycles. The summed E-state index contributed by atoms with van der Waals surface area (Å²) in [7, 11) is 0. The molecule has 0 radical (unpaired) electrons. The highest BCUT2D eigenvalue weighted by molar-refractivity contribution is 5.86. The first-order valence-electron chi connectivity index (χ1n) is 4.90. The molecule has 0 unspecified atom stereocenters. The van der Waals surface area contributed by atoms with E-state index in [1.807, 2.05) is 30.3 Å². The van der Waals surface area contributed by atoms with Crippen LogP contribution >= 0.6 is 0 Å². The third-order valence-electron chi connectivity index (χ3n) is 1.76. The van der Waals surface area contributed by atoms with Gasteiger partial charge in [-0.15, -0.1) is 0 Å². The highest BCUT2D eigenvalue weighted by Crippen LogP contribution is 2.03. The van der Waals surface area contributed by atoms with E-state index in [-0.39, 0.29) is 6.61 Å². The summed E-state index contributed by atoms with van der Waals surface area (Å²) in [5, 5.41) is 3.09. The molecule has 1 aromatic carbocycles. The lowest BCUT2D eigenvalue weighted by molar-refractivity contribution is -0.137. The smallest absolute Gasteiger partial charge is 0.330 e. The maximum absolute atomic E-state index is 10.9. The van der Waals surface area contributed by atoms with Crippen LogP contribution in [-0.2, 0) is 14.3 Å². The van der Waals surface area contributed by atoms with Gasteiger partial charge < -0.3 is 10.1 Å². The number of ether oxygens (including phenoxy) is 1. The Bertz CT molecular complexity index is 360. The molecule has 0 bridgehead atoms. The van der Waals surface area contributed by atoms with Gasteiger partial charge in [0.1, 0.15) is 12.9 Å². The predicted octanol–water partition coefficient (Wildman–Crippen LogP) is 1.40. The van der Waals surface area contributed by atoms with E-state index in [2.05, 4.69) is 5.32 Å². The summed E-state index contributed by atoms with van der Waals surface area (Å²) in [6.07, 6.45) is 2.73. The minimum Gasteiger partial charge on any atom is -0.461 e. The molecule has 4 nitrogen and oxygen atoms in total. The first-order chi connectivity index (χ1) is 7.83. The highest BCUT2D eigenvalue weighted by Gasteiger charge is 1.95. The Hall–Kier alpha value is -2.10. The molecular formula is C12H13NO3. The Labute approximate surface area is 93.9 Å². The third kappa shape index (κ3) is 4.95. The van der Waals surface area contributed by atoms with E-state index in [1.165, 1.54) is 0 Å². The number of para-hydroxylation sites is 1. The SMILES string of the molecule is O=C/C=C/C(=O)OCCNc1ccccc1. The van der Waals surface area contributed by atoms with E-state index in [1.54, 1.807) is 0 Å². The predicted molar refractivity (Wildman–Crippen MR) is 61.1 cm³/mol. The van der Waals surface area contributed by atoms with Crippen LogP contribution in [-0.4, -0.2) is 25.4 Å². The summed E-state index contributed by atoms with van der Waals surface area (Å²) in [5.74, 6) is -0.512. The fourth-order valence-corrected chi connectivity index (χ4v) is 1.07. The van der Waals surface area contributed by atoms with Crippen molar-refractivity contribution in [2.45, 2.75) is 0 Å². The molecule has 0 fully saturated rings. The third-order valence-corrected chi connectivity index (χ3v) is 1.76. The quantitative estimate of drug-likeness (QED) is 0.340.